The van der Waals surface area contributed by atoms with Crippen LogP contribution in [0.15, 0.2) is 30.6 Å². The number of carbonyl (C=O) groups is 1. The standard InChI is InChI=1S/C11H14N6O/c12-8-6-15-17(7-8)5-4-14-10-3-1-2-9(16-10)11(13)18/h1-3,6-7H,4-5,12H2,(H2,13,18)(H,14,16). The lowest BCUT2D eigenvalue weighted by molar-refractivity contribution is 0.0995. The number of nitrogens with one attached hydrogen (secondary N) is 1. The molecular weight excluding hydrogens is 232 g/mol. The minimum Gasteiger partial charge on any atom is -0.396 e. The van der Waals surface area contributed by atoms with Gasteiger partial charge >= 0.3 is 0 Å². The van der Waals surface area contributed by atoms with Gasteiger partial charge in [0, 0.05) is 12.7 Å². The topological polar surface area (TPSA) is 112 Å². The zero-order valence-electron chi connectivity index (χ0n) is 9.71. The molecule has 0 aromatic carbocycles. The van der Waals surface area contributed by atoms with Crippen LogP contribution in [0.1, 0.15) is 10.5 Å². The third-order valence-corrected chi connectivity index (χ3v) is 2.30. The maximum atomic E-state index is 11.0. The molecule has 0 aliphatic carbocycles. The lowest BCUT2D eigenvalue weighted by Crippen LogP contribution is -2.15. The van der Waals surface area contributed by atoms with Crippen LogP contribution >= 0.6 is 0 Å². The van der Waals surface area contributed by atoms with E-state index in [1.807, 2.05) is 0 Å². The number of carbonyl (C=O) groups excluding carboxylic acids is 1. The Bertz CT molecular complexity index is 550. The van der Waals surface area contributed by atoms with E-state index in [2.05, 4.69) is 15.4 Å². The van der Waals surface area contributed by atoms with Gasteiger partial charge in [0.05, 0.1) is 18.4 Å². The molecule has 0 aliphatic heterocycles. The fraction of sp³-hybridized carbons (Fsp3) is 0.182. The zero-order chi connectivity index (χ0) is 13.0. The van der Waals surface area contributed by atoms with Crippen molar-refractivity contribution < 1.29 is 4.79 Å². The van der Waals surface area contributed by atoms with Crippen LogP contribution < -0.4 is 16.8 Å². The first-order valence-corrected chi connectivity index (χ1v) is 5.44. The Balaban J connectivity index is 1.90. The van der Waals surface area contributed by atoms with Gasteiger partial charge in [-0.3, -0.25) is 9.48 Å². The van der Waals surface area contributed by atoms with Gasteiger partial charge in [-0.15, -0.1) is 0 Å². The monoisotopic (exact) mass is 246 g/mol. The van der Waals surface area contributed by atoms with E-state index in [-0.39, 0.29) is 5.69 Å². The third-order valence-electron chi connectivity index (χ3n) is 2.30. The minimum absolute atomic E-state index is 0.239. The third kappa shape index (κ3) is 2.97. The molecule has 18 heavy (non-hydrogen) atoms. The lowest BCUT2D eigenvalue weighted by Gasteiger charge is -2.06. The average molecular weight is 246 g/mol. The molecule has 0 saturated carbocycles. The second kappa shape index (κ2) is 5.17. The summed E-state index contributed by atoms with van der Waals surface area (Å²) in [6, 6.07) is 5.06. The molecular formula is C11H14N6O. The molecule has 2 rings (SSSR count). The summed E-state index contributed by atoms with van der Waals surface area (Å²) in [7, 11) is 0. The molecule has 0 saturated heterocycles. The van der Waals surface area contributed by atoms with Gasteiger partial charge in [0.1, 0.15) is 11.5 Å². The van der Waals surface area contributed by atoms with E-state index in [1.54, 1.807) is 35.3 Å². The average Bonchev–Trinajstić information content (AvgIpc) is 2.75. The molecule has 5 N–H and O–H groups in total. The van der Waals surface area contributed by atoms with E-state index in [4.69, 9.17) is 11.5 Å². The summed E-state index contributed by atoms with van der Waals surface area (Å²) < 4.78 is 1.72. The van der Waals surface area contributed by atoms with Crippen LogP contribution in [-0.4, -0.2) is 27.2 Å². The molecule has 0 bridgehead atoms. The first-order chi connectivity index (χ1) is 8.65. The fourth-order valence-electron chi connectivity index (χ4n) is 1.47. The molecule has 2 heterocycles. The Hall–Kier alpha value is -2.57. The molecule has 0 unspecified atom stereocenters. The largest absolute Gasteiger partial charge is 0.396 e. The second-order valence-electron chi connectivity index (χ2n) is 3.74. The van der Waals surface area contributed by atoms with Gasteiger partial charge in [-0.2, -0.15) is 5.10 Å². The Morgan fingerprint density at radius 3 is 2.94 bits per heavy atom. The van der Waals surface area contributed by atoms with Crippen LogP contribution in [0, 0.1) is 0 Å². The van der Waals surface area contributed by atoms with Gasteiger partial charge < -0.3 is 16.8 Å². The van der Waals surface area contributed by atoms with Gasteiger partial charge in [0.2, 0.25) is 0 Å². The van der Waals surface area contributed by atoms with Gasteiger partial charge in [-0.25, -0.2) is 4.98 Å². The van der Waals surface area contributed by atoms with E-state index >= 15 is 0 Å². The van der Waals surface area contributed by atoms with Crippen LogP contribution in [0.4, 0.5) is 11.5 Å². The fourth-order valence-corrected chi connectivity index (χ4v) is 1.47. The Kier molecular flexibility index (Phi) is 3.42. The number of primary amides is 1. The molecule has 1 amide bonds. The number of pyridine rings is 1. The summed E-state index contributed by atoms with van der Waals surface area (Å²) in [5, 5.41) is 7.13. The summed E-state index contributed by atoms with van der Waals surface area (Å²) in [4.78, 5) is 15.0. The van der Waals surface area contributed by atoms with E-state index in [1.165, 1.54) is 0 Å². The predicted molar refractivity (Wildman–Crippen MR) is 67.9 cm³/mol. The maximum Gasteiger partial charge on any atom is 0.267 e. The second-order valence-corrected chi connectivity index (χ2v) is 3.74. The number of aromatic nitrogens is 3. The Morgan fingerprint density at radius 1 is 1.44 bits per heavy atom. The quantitative estimate of drug-likeness (QED) is 0.691. The van der Waals surface area contributed by atoms with Crippen molar-refractivity contribution in [3.8, 4) is 0 Å². The molecule has 7 nitrogen and oxygen atoms in total. The predicted octanol–water partition coefficient (Wildman–Crippen LogP) is 0.0713. The number of nitrogens with two attached hydrogens (primary N) is 2. The minimum atomic E-state index is -0.543. The van der Waals surface area contributed by atoms with Crippen molar-refractivity contribution in [3.05, 3.63) is 36.3 Å². The number of rotatable bonds is 5. The van der Waals surface area contributed by atoms with E-state index < -0.39 is 5.91 Å². The molecule has 94 valence electrons. The van der Waals surface area contributed by atoms with Crippen molar-refractivity contribution >= 4 is 17.4 Å². The van der Waals surface area contributed by atoms with Crippen molar-refractivity contribution in [2.75, 3.05) is 17.6 Å². The molecule has 0 atom stereocenters. The number of nitrogens with zero attached hydrogens (tertiary/aromatic N) is 3. The van der Waals surface area contributed by atoms with E-state index in [9.17, 15) is 4.79 Å². The van der Waals surface area contributed by atoms with Crippen molar-refractivity contribution in [2.45, 2.75) is 6.54 Å². The van der Waals surface area contributed by atoms with Crippen LogP contribution in [0.2, 0.25) is 0 Å². The number of anilines is 2. The number of nitrogen functional groups attached to an aromatic ring is 1. The Labute approximate surface area is 104 Å². The van der Waals surface area contributed by atoms with E-state index in [0.717, 1.165) is 0 Å². The van der Waals surface area contributed by atoms with Crippen LogP contribution in [0.3, 0.4) is 0 Å². The van der Waals surface area contributed by atoms with Crippen molar-refractivity contribution in [2.24, 2.45) is 5.73 Å². The van der Waals surface area contributed by atoms with Crippen molar-refractivity contribution in [1.82, 2.24) is 14.8 Å². The smallest absolute Gasteiger partial charge is 0.267 e. The van der Waals surface area contributed by atoms with Crippen molar-refractivity contribution in [3.63, 3.8) is 0 Å². The zero-order valence-corrected chi connectivity index (χ0v) is 9.71. The SMILES string of the molecule is NC(=O)c1cccc(NCCn2cc(N)cn2)n1. The van der Waals surface area contributed by atoms with Crippen LogP contribution in [0.25, 0.3) is 0 Å². The number of amides is 1. The first kappa shape index (κ1) is 11.9. The van der Waals surface area contributed by atoms with Crippen molar-refractivity contribution in [1.29, 1.82) is 0 Å². The molecule has 0 spiro atoms. The number of hydrogen-bond donors (Lipinski definition) is 3. The van der Waals surface area contributed by atoms with E-state index in [0.29, 0.717) is 24.6 Å². The molecule has 0 fully saturated rings. The highest BCUT2D eigenvalue weighted by atomic mass is 16.1. The Morgan fingerprint density at radius 2 is 2.28 bits per heavy atom. The lowest BCUT2D eigenvalue weighted by atomic mass is 10.3. The van der Waals surface area contributed by atoms with Gasteiger partial charge in [-0.1, -0.05) is 6.07 Å². The summed E-state index contributed by atoms with van der Waals surface area (Å²) in [6.07, 6.45) is 3.33. The normalized spacial score (nSPS) is 10.2. The molecule has 7 heteroatoms. The maximum absolute atomic E-state index is 11.0. The highest BCUT2D eigenvalue weighted by Gasteiger charge is 2.02. The molecule has 2 aromatic rings. The molecule has 0 radical (unpaired) electrons. The highest BCUT2D eigenvalue weighted by Crippen LogP contribution is 2.04. The molecule has 2 aromatic heterocycles. The van der Waals surface area contributed by atoms with Gasteiger partial charge in [0.15, 0.2) is 0 Å². The summed E-state index contributed by atoms with van der Waals surface area (Å²) in [5.74, 6) is 0.0601. The first-order valence-electron chi connectivity index (χ1n) is 5.44. The van der Waals surface area contributed by atoms with Gasteiger partial charge in [-0.05, 0) is 12.1 Å². The number of hydrogen-bond acceptors (Lipinski definition) is 5. The highest BCUT2D eigenvalue weighted by molar-refractivity contribution is 5.91. The summed E-state index contributed by atoms with van der Waals surface area (Å²) in [5.41, 5.74) is 11.6. The van der Waals surface area contributed by atoms with Gasteiger partial charge in [0.25, 0.3) is 5.91 Å². The molecule has 0 aliphatic rings. The van der Waals surface area contributed by atoms with Crippen LogP contribution in [0.5, 0.6) is 0 Å². The summed E-state index contributed by atoms with van der Waals surface area (Å²) in [6.45, 7) is 1.27. The summed E-state index contributed by atoms with van der Waals surface area (Å²) >= 11 is 0. The van der Waals surface area contributed by atoms with Crippen LogP contribution in [-0.2, 0) is 6.54 Å².